The number of pyridine rings is 1. The van der Waals surface area contributed by atoms with Crippen LogP contribution in [0.1, 0.15) is 41.9 Å². The lowest BCUT2D eigenvalue weighted by Gasteiger charge is -2.31. The van der Waals surface area contributed by atoms with Crippen LogP contribution in [-0.4, -0.2) is 50.4 Å². The fourth-order valence-electron chi connectivity index (χ4n) is 4.40. The molecule has 1 N–H and O–H groups in total. The first-order chi connectivity index (χ1) is 15.6. The highest BCUT2D eigenvalue weighted by atomic mass is 16.5. The van der Waals surface area contributed by atoms with E-state index >= 15 is 0 Å². The second kappa shape index (κ2) is 8.55. The number of carbonyl (C=O) groups is 1. The van der Waals surface area contributed by atoms with Crippen molar-refractivity contribution in [1.29, 1.82) is 0 Å². The number of likely N-dealkylation sites (tertiary alicyclic amines) is 1. The Hall–Kier alpha value is -3.52. The summed E-state index contributed by atoms with van der Waals surface area (Å²) < 4.78 is 7.36. The molecule has 0 radical (unpaired) electrons. The smallest absolute Gasteiger partial charge is 0.259 e. The molecule has 1 aliphatic rings. The second-order valence-corrected chi connectivity index (χ2v) is 8.15. The van der Waals surface area contributed by atoms with Crippen LogP contribution in [0, 0.1) is 6.92 Å². The van der Waals surface area contributed by atoms with Crippen molar-refractivity contribution in [2.45, 2.75) is 32.7 Å². The average Bonchev–Trinajstić information content (AvgIpc) is 3.45. The Morgan fingerprint density at radius 1 is 1.19 bits per heavy atom. The maximum Gasteiger partial charge on any atom is 0.259 e. The summed E-state index contributed by atoms with van der Waals surface area (Å²) in [5.41, 5.74) is 3.05. The van der Waals surface area contributed by atoms with Crippen LogP contribution in [0.2, 0.25) is 0 Å². The molecule has 0 spiro atoms. The highest BCUT2D eigenvalue weighted by Crippen LogP contribution is 2.29. The van der Waals surface area contributed by atoms with E-state index in [1.807, 2.05) is 48.0 Å². The number of aromatic nitrogens is 4. The van der Waals surface area contributed by atoms with Gasteiger partial charge in [0.2, 0.25) is 0 Å². The van der Waals surface area contributed by atoms with E-state index in [4.69, 9.17) is 4.52 Å². The number of carbonyl (C=O) groups excluding carboxylic acids is 1. The fourth-order valence-corrected chi connectivity index (χ4v) is 4.40. The van der Waals surface area contributed by atoms with E-state index in [9.17, 15) is 4.79 Å². The number of hydrogen-bond acceptors (Lipinski definition) is 6. The number of nitrogens with one attached hydrogen (secondary N) is 1. The number of fused-ring (bicyclic) bond motifs is 1. The number of aryl methyl sites for hydroxylation is 1. The molecule has 5 rings (SSSR count). The van der Waals surface area contributed by atoms with Gasteiger partial charge in [-0.3, -0.25) is 4.79 Å². The SMILES string of the molecule is CCN1CCC(n2nccc2NC(=O)c2cc(-c3ccccc3)nc3onc(C)c23)CC1. The molecule has 164 valence electrons. The molecule has 0 unspecified atom stereocenters. The van der Waals surface area contributed by atoms with E-state index in [2.05, 4.69) is 32.4 Å². The van der Waals surface area contributed by atoms with E-state index in [1.165, 1.54) is 0 Å². The number of hydrogen-bond donors (Lipinski definition) is 1. The van der Waals surface area contributed by atoms with Gasteiger partial charge in [-0.05, 0) is 32.4 Å². The summed E-state index contributed by atoms with van der Waals surface area (Å²) in [5, 5.41) is 12.2. The van der Waals surface area contributed by atoms with Crippen LogP contribution in [-0.2, 0) is 0 Å². The third-order valence-electron chi connectivity index (χ3n) is 6.19. The monoisotopic (exact) mass is 430 g/mol. The zero-order valence-corrected chi connectivity index (χ0v) is 18.3. The third-order valence-corrected chi connectivity index (χ3v) is 6.19. The summed E-state index contributed by atoms with van der Waals surface area (Å²) in [4.78, 5) is 20.5. The molecule has 0 bridgehead atoms. The summed E-state index contributed by atoms with van der Waals surface area (Å²) in [6.07, 6.45) is 3.77. The van der Waals surface area contributed by atoms with Gasteiger partial charge in [-0.15, -0.1) is 0 Å². The van der Waals surface area contributed by atoms with Gasteiger partial charge >= 0.3 is 0 Å². The molecule has 3 aromatic heterocycles. The van der Waals surface area contributed by atoms with Gasteiger partial charge in [0.15, 0.2) is 0 Å². The quantitative estimate of drug-likeness (QED) is 0.508. The topological polar surface area (TPSA) is 89.1 Å². The van der Waals surface area contributed by atoms with Crippen molar-refractivity contribution in [3.05, 3.63) is 59.9 Å². The summed E-state index contributed by atoms with van der Waals surface area (Å²) in [7, 11) is 0. The zero-order valence-electron chi connectivity index (χ0n) is 18.3. The molecule has 1 saturated heterocycles. The van der Waals surface area contributed by atoms with E-state index in [1.54, 1.807) is 12.3 Å². The van der Waals surface area contributed by atoms with Gasteiger partial charge in [0.05, 0.1) is 34.6 Å². The van der Waals surface area contributed by atoms with Crippen LogP contribution < -0.4 is 5.32 Å². The first-order valence-corrected chi connectivity index (χ1v) is 11.0. The summed E-state index contributed by atoms with van der Waals surface area (Å²) in [6.45, 7) is 7.15. The Morgan fingerprint density at radius 3 is 2.72 bits per heavy atom. The molecular formula is C24H26N6O2. The molecule has 8 nitrogen and oxygen atoms in total. The molecule has 0 saturated carbocycles. The molecule has 0 aliphatic carbocycles. The molecular weight excluding hydrogens is 404 g/mol. The molecule has 1 fully saturated rings. The molecule has 4 aromatic rings. The van der Waals surface area contributed by atoms with Gasteiger partial charge in [-0.2, -0.15) is 5.10 Å². The number of piperidine rings is 1. The number of amides is 1. The minimum Gasteiger partial charge on any atom is -0.335 e. The Bertz CT molecular complexity index is 1240. The van der Waals surface area contributed by atoms with E-state index in [0.717, 1.165) is 38.0 Å². The minimum atomic E-state index is -0.228. The predicted octanol–water partition coefficient (Wildman–Crippen LogP) is 4.30. The highest BCUT2D eigenvalue weighted by Gasteiger charge is 2.24. The van der Waals surface area contributed by atoms with Gasteiger partial charge in [0.25, 0.3) is 11.6 Å². The van der Waals surface area contributed by atoms with Crippen LogP contribution >= 0.6 is 0 Å². The Morgan fingerprint density at radius 2 is 1.97 bits per heavy atom. The lowest BCUT2D eigenvalue weighted by molar-refractivity contribution is 0.102. The average molecular weight is 431 g/mol. The lowest BCUT2D eigenvalue weighted by Crippen LogP contribution is -2.35. The molecule has 1 amide bonds. The Labute approximate surface area is 186 Å². The molecule has 1 aliphatic heterocycles. The molecule has 32 heavy (non-hydrogen) atoms. The largest absolute Gasteiger partial charge is 0.335 e. The van der Waals surface area contributed by atoms with Crippen molar-refractivity contribution in [2.75, 3.05) is 25.0 Å². The molecule has 4 heterocycles. The summed E-state index contributed by atoms with van der Waals surface area (Å²) >= 11 is 0. The van der Waals surface area contributed by atoms with Gasteiger partial charge in [0, 0.05) is 24.7 Å². The van der Waals surface area contributed by atoms with Gasteiger partial charge in [-0.1, -0.05) is 42.4 Å². The fraction of sp³-hybridized carbons (Fsp3) is 0.333. The molecule has 8 heteroatoms. The summed E-state index contributed by atoms with van der Waals surface area (Å²) in [5.74, 6) is 0.471. The first kappa shape index (κ1) is 20.4. The van der Waals surface area contributed by atoms with Crippen molar-refractivity contribution < 1.29 is 9.32 Å². The van der Waals surface area contributed by atoms with Crippen LogP contribution in [0.5, 0.6) is 0 Å². The minimum absolute atomic E-state index is 0.228. The number of rotatable bonds is 5. The summed E-state index contributed by atoms with van der Waals surface area (Å²) in [6, 6.07) is 13.7. The van der Waals surface area contributed by atoms with Crippen molar-refractivity contribution >= 4 is 22.8 Å². The predicted molar refractivity (Wildman–Crippen MR) is 123 cm³/mol. The van der Waals surface area contributed by atoms with Crippen LogP contribution in [0.3, 0.4) is 0 Å². The van der Waals surface area contributed by atoms with Crippen molar-refractivity contribution in [3.63, 3.8) is 0 Å². The second-order valence-electron chi connectivity index (χ2n) is 8.15. The zero-order chi connectivity index (χ0) is 22.1. The van der Waals surface area contributed by atoms with Crippen molar-refractivity contribution in [2.24, 2.45) is 0 Å². The normalized spacial score (nSPS) is 15.3. The maximum atomic E-state index is 13.4. The van der Waals surface area contributed by atoms with Gasteiger partial charge < -0.3 is 14.7 Å². The lowest BCUT2D eigenvalue weighted by atomic mass is 10.0. The third kappa shape index (κ3) is 3.78. The maximum absolute atomic E-state index is 13.4. The Kier molecular flexibility index (Phi) is 5.45. The van der Waals surface area contributed by atoms with E-state index in [0.29, 0.717) is 33.9 Å². The van der Waals surface area contributed by atoms with Gasteiger partial charge in [-0.25, -0.2) is 9.67 Å². The first-order valence-electron chi connectivity index (χ1n) is 11.0. The molecule has 1 aromatic carbocycles. The van der Waals surface area contributed by atoms with E-state index < -0.39 is 0 Å². The number of anilines is 1. The van der Waals surface area contributed by atoms with Crippen LogP contribution in [0.25, 0.3) is 22.4 Å². The van der Waals surface area contributed by atoms with Crippen LogP contribution in [0.15, 0.2) is 53.2 Å². The van der Waals surface area contributed by atoms with Crippen molar-refractivity contribution in [1.82, 2.24) is 24.8 Å². The van der Waals surface area contributed by atoms with Crippen LogP contribution in [0.4, 0.5) is 5.82 Å². The number of benzene rings is 1. The highest BCUT2D eigenvalue weighted by molar-refractivity contribution is 6.12. The molecule has 0 atom stereocenters. The van der Waals surface area contributed by atoms with Gasteiger partial charge in [0.1, 0.15) is 5.82 Å². The number of nitrogens with zero attached hydrogens (tertiary/aromatic N) is 5. The standard InChI is InChI=1S/C24H26N6O2/c1-3-29-13-10-18(11-14-29)30-21(9-12-25-30)27-23(31)19-15-20(17-7-5-4-6-8-17)26-24-22(19)16(2)28-32-24/h4-9,12,15,18H,3,10-11,13-14H2,1-2H3,(H,27,31). The van der Waals surface area contributed by atoms with E-state index in [-0.39, 0.29) is 11.9 Å². The van der Waals surface area contributed by atoms with Crippen molar-refractivity contribution in [3.8, 4) is 11.3 Å². The Balaban J connectivity index is 1.46.